The summed E-state index contributed by atoms with van der Waals surface area (Å²) in [6, 6.07) is 5.35. The van der Waals surface area contributed by atoms with E-state index in [0.29, 0.717) is 5.65 Å². The van der Waals surface area contributed by atoms with E-state index in [4.69, 9.17) is 5.11 Å². The first-order chi connectivity index (χ1) is 8.65. The first-order valence-corrected chi connectivity index (χ1v) is 5.23. The maximum Gasteiger partial charge on any atom is 0.375 e. The zero-order chi connectivity index (χ0) is 12.7. The second-order valence-electron chi connectivity index (χ2n) is 3.82. The number of fused-ring (bicyclic) bond motifs is 1. The smallest absolute Gasteiger partial charge is 0.375 e. The standard InChI is InChI=1S/C11H9N5O2/c1-15-6-7(5-12-15)8-3-2-4-9-13-10(11(17)18)14-16(8)9/h2-6H,1H3,(H,17,18). The summed E-state index contributed by atoms with van der Waals surface area (Å²) < 4.78 is 3.17. The lowest BCUT2D eigenvalue weighted by atomic mass is 10.2. The molecule has 0 atom stereocenters. The largest absolute Gasteiger partial charge is 0.475 e. The second kappa shape index (κ2) is 3.66. The summed E-state index contributed by atoms with van der Waals surface area (Å²) in [5.74, 6) is -1.36. The van der Waals surface area contributed by atoms with Crippen LogP contribution in [0.3, 0.4) is 0 Å². The van der Waals surface area contributed by atoms with Gasteiger partial charge in [0.25, 0.3) is 5.82 Å². The molecule has 0 aliphatic heterocycles. The highest BCUT2D eigenvalue weighted by Gasteiger charge is 2.13. The van der Waals surface area contributed by atoms with Crippen molar-refractivity contribution in [1.82, 2.24) is 24.4 Å². The van der Waals surface area contributed by atoms with Crippen LogP contribution in [0.15, 0.2) is 30.6 Å². The van der Waals surface area contributed by atoms with Crippen LogP contribution in [0.4, 0.5) is 0 Å². The first-order valence-electron chi connectivity index (χ1n) is 5.23. The van der Waals surface area contributed by atoms with E-state index in [9.17, 15) is 4.79 Å². The molecule has 0 unspecified atom stereocenters. The van der Waals surface area contributed by atoms with Crippen LogP contribution in [0.2, 0.25) is 0 Å². The van der Waals surface area contributed by atoms with Crippen molar-refractivity contribution in [3.8, 4) is 11.3 Å². The van der Waals surface area contributed by atoms with Crippen LogP contribution < -0.4 is 0 Å². The monoisotopic (exact) mass is 243 g/mol. The number of aromatic nitrogens is 5. The Morgan fingerprint density at radius 1 is 1.39 bits per heavy atom. The van der Waals surface area contributed by atoms with Gasteiger partial charge in [-0.3, -0.25) is 4.68 Å². The summed E-state index contributed by atoms with van der Waals surface area (Å²) in [4.78, 5) is 14.8. The molecule has 90 valence electrons. The third-order valence-corrected chi connectivity index (χ3v) is 2.55. The van der Waals surface area contributed by atoms with Gasteiger partial charge in [-0.05, 0) is 12.1 Å². The molecule has 0 aromatic carbocycles. The van der Waals surface area contributed by atoms with Gasteiger partial charge in [-0.2, -0.15) is 5.10 Å². The van der Waals surface area contributed by atoms with Gasteiger partial charge in [0.05, 0.1) is 11.9 Å². The van der Waals surface area contributed by atoms with E-state index in [2.05, 4.69) is 15.2 Å². The van der Waals surface area contributed by atoms with Crippen LogP contribution in [0.1, 0.15) is 10.6 Å². The molecule has 0 aliphatic rings. The SMILES string of the molecule is Cn1cc(-c2cccc3nc(C(=O)O)nn23)cn1. The van der Waals surface area contributed by atoms with Crippen LogP contribution in [0.5, 0.6) is 0 Å². The molecule has 1 N–H and O–H groups in total. The van der Waals surface area contributed by atoms with E-state index in [1.807, 2.05) is 19.3 Å². The molecule has 3 rings (SSSR count). The number of carboxylic acids is 1. The van der Waals surface area contributed by atoms with E-state index in [1.165, 1.54) is 4.52 Å². The van der Waals surface area contributed by atoms with Gasteiger partial charge in [-0.25, -0.2) is 14.3 Å². The molecule has 0 radical (unpaired) electrons. The summed E-state index contributed by atoms with van der Waals surface area (Å²) in [6.07, 6.45) is 3.52. The highest BCUT2D eigenvalue weighted by Crippen LogP contribution is 2.18. The van der Waals surface area contributed by atoms with Gasteiger partial charge in [-0.1, -0.05) is 6.07 Å². The molecule has 0 spiro atoms. The van der Waals surface area contributed by atoms with Crippen molar-refractivity contribution in [3.63, 3.8) is 0 Å². The molecule has 0 aliphatic carbocycles. The molecule has 18 heavy (non-hydrogen) atoms. The van der Waals surface area contributed by atoms with E-state index < -0.39 is 5.97 Å². The van der Waals surface area contributed by atoms with Crippen LogP contribution >= 0.6 is 0 Å². The number of rotatable bonds is 2. The fourth-order valence-electron chi connectivity index (χ4n) is 1.77. The molecule has 0 amide bonds. The fraction of sp³-hybridized carbons (Fsp3) is 0.0909. The average Bonchev–Trinajstić information content (AvgIpc) is 2.94. The van der Waals surface area contributed by atoms with Crippen LogP contribution in [-0.2, 0) is 7.05 Å². The number of carboxylic acid groups (broad SMARTS) is 1. The molecular weight excluding hydrogens is 234 g/mol. The highest BCUT2D eigenvalue weighted by atomic mass is 16.4. The number of aryl methyl sites for hydroxylation is 1. The van der Waals surface area contributed by atoms with Crippen LogP contribution in [-0.4, -0.2) is 35.5 Å². The van der Waals surface area contributed by atoms with Gasteiger partial charge in [0.2, 0.25) is 0 Å². The molecule has 7 heteroatoms. The third-order valence-electron chi connectivity index (χ3n) is 2.55. The minimum Gasteiger partial charge on any atom is -0.475 e. The van der Waals surface area contributed by atoms with Gasteiger partial charge >= 0.3 is 5.97 Å². The number of pyridine rings is 1. The number of hydrogen-bond acceptors (Lipinski definition) is 4. The Hall–Kier alpha value is -2.70. The van der Waals surface area contributed by atoms with Gasteiger partial charge in [0, 0.05) is 18.8 Å². The third kappa shape index (κ3) is 1.53. The minimum absolute atomic E-state index is 0.216. The molecule has 3 aromatic heterocycles. The molecular formula is C11H9N5O2. The summed E-state index contributed by atoms with van der Waals surface area (Å²) in [7, 11) is 1.81. The Morgan fingerprint density at radius 2 is 2.22 bits per heavy atom. The summed E-state index contributed by atoms with van der Waals surface area (Å²) >= 11 is 0. The normalized spacial score (nSPS) is 10.9. The van der Waals surface area contributed by atoms with Gasteiger partial charge in [-0.15, -0.1) is 5.10 Å². The predicted molar refractivity (Wildman–Crippen MR) is 62.1 cm³/mol. The van der Waals surface area contributed by atoms with Gasteiger partial charge < -0.3 is 5.11 Å². The Balaban J connectivity index is 2.26. The maximum atomic E-state index is 10.9. The second-order valence-corrected chi connectivity index (χ2v) is 3.82. The van der Waals surface area contributed by atoms with Crippen molar-refractivity contribution >= 4 is 11.6 Å². The lowest BCUT2D eigenvalue weighted by Crippen LogP contribution is -2.00. The van der Waals surface area contributed by atoms with Crippen LogP contribution in [0, 0.1) is 0 Å². The summed E-state index contributed by atoms with van der Waals surface area (Å²) in [5, 5.41) is 16.9. The molecule has 0 fully saturated rings. The van der Waals surface area contributed by atoms with Crippen molar-refractivity contribution < 1.29 is 9.90 Å². The molecule has 0 bridgehead atoms. The molecule has 3 heterocycles. The van der Waals surface area contributed by atoms with Gasteiger partial charge in [0.1, 0.15) is 0 Å². The first kappa shape index (κ1) is 10.5. The quantitative estimate of drug-likeness (QED) is 0.720. The van der Waals surface area contributed by atoms with Crippen molar-refractivity contribution in [2.45, 2.75) is 0 Å². The Labute approximate surface area is 101 Å². The van der Waals surface area contributed by atoms with Crippen LogP contribution in [0.25, 0.3) is 16.9 Å². The Morgan fingerprint density at radius 3 is 2.89 bits per heavy atom. The van der Waals surface area contributed by atoms with Crippen molar-refractivity contribution in [1.29, 1.82) is 0 Å². The number of carbonyl (C=O) groups is 1. The number of nitrogens with zero attached hydrogens (tertiary/aromatic N) is 5. The van der Waals surface area contributed by atoms with E-state index >= 15 is 0 Å². The zero-order valence-electron chi connectivity index (χ0n) is 9.48. The maximum absolute atomic E-state index is 10.9. The van der Waals surface area contributed by atoms with E-state index in [1.54, 1.807) is 23.0 Å². The van der Waals surface area contributed by atoms with E-state index in [0.717, 1.165) is 11.3 Å². The molecule has 0 saturated heterocycles. The highest BCUT2D eigenvalue weighted by molar-refractivity contribution is 5.84. The minimum atomic E-state index is -1.14. The van der Waals surface area contributed by atoms with Crippen molar-refractivity contribution in [2.75, 3.05) is 0 Å². The summed E-state index contributed by atoms with van der Waals surface area (Å²) in [5.41, 5.74) is 2.10. The number of hydrogen-bond donors (Lipinski definition) is 1. The zero-order valence-corrected chi connectivity index (χ0v) is 9.48. The van der Waals surface area contributed by atoms with E-state index in [-0.39, 0.29) is 5.82 Å². The lowest BCUT2D eigenvalue weighted by Gasteiger charge is -1.99. The average molecular weight is 243 g/mol. The predicted octanol–water partition coefficient (Wildman–Crippen LogP) is 0.828. The van der Waals surface area contributed by atoms with Gasteiger partial charge in [0.15, 0.2) is 5.65 Å². The molecule has 3 aromatic rings. The lowest BCUT2D eigenvalue weighted by molar-refractivity contribution is 0.0684. The Bertz CT molecular complexity index is 743. The van der Waals surface area contributed by atoms with Crippen molar-refractivity contribution in [3.05, 3.63) is 36.4 Å². The topological polar surface area (TPSA) is 85.3 Å². The number of aromatic carboxylic acids is 1. The fourth-order valence-corrected chi connectivity index (χ4v) is 1.77. The molecule has 0 saturated carbocycles. The Kier molecular flexibility index (Phi) is 2.12. The molecule has 7 nitrogen and oxygen atoms in total. The summed E-state index contributed by atoms with van der Waals surface area (Å²) in [6.45, 7) is 0. The van der Waals surface area contributed by atoms with Crippen molar-refractivity contribution in [2.24, 2.45) is 7.05 Å².